The van der Waals surface area contributed by atoms with Crippen LogP contribution >= 0.6 is 24.2 Å². The highest BCUT2D eigenvalue weighted by Gasteiger charge is 2.09. The SMILES string of the molecule is Cc1ccc(CS)n1-c1ncccc1Cl. The summed E-state index contributed by atoms with van der Waals surface area (Å²) in [5.41, 5.74) is 2.20. The zero-order valence-corrected chi connectivity index (χ0v) is 9.96. The molecule has 0 aliphatic carbocycles. The molecular weight excluding hydrogens is 228 g/mol. The Morgan fingerprint density at radius 1 is 1.40 bits per heavy atom. The van der Waals surface area contributed by atoms with Gasteiger partial charge in [0.1, 0.15) is 0 Å². The summed E-state index contributed by atoms with van der Waals surface area (Å²) in [6, 6.07) is 7.74. The molecular formula is C11H11ClN2S. The highest BCUT2D eigenvalue weighted by atomic mass is 35.5. The first-order valence-corrected chi connectivity index (χ1v) is 5.64. The zero-order chi connectivity index (χ0) is 10.8. The van der Waals surface area contributed by atoms with Crippen molar-refractivity contribution in [3.05, 3.63) is 46.9 Å². The summed E-state index contributed by atoms with van der Waals surface area (Å²) in [5.74, 6) is 1.44. The zero-order valence-electron chi connectivity index (χ0n) is 8.31. The number of thiol groups is 1. The Morgan fingerprint density at radius 2 is 2.20 bits per heavy atom. The van der Waals surface area contributed by atoms with Crippen LogP contribution in [0.4, 0.5) is 0 Å². The van der Waals surface area contributed by atoms with Crippen molar-refractivity contribution in [2.24, 2.45) is 0 Å². The molecule has 78 valence electrons. The van der Waals surface area contributed by atoms with Gasteiger partial charge in [0.2, 0.25) is 0 Å². The number of rotatable bonds is 2. The first kappa shape index (κ1) is 10.6. The van der Waals surface area contributed by atoms with E-state index in [1.54, 1.807) is 6.20 Å². The number of aryl methyl sites for hydroxylation is 1. The number of hydrogen-bond donors (Lipinski definition) is 1. The average Bonchev–Trinajstić information content (AvgIpc) is 2.60. The van der Waals surface area contributed by atoms with E-state index in [1.165, 1.54) is 0 Å². The molecule has 2 heterocycles. The van der Waals surface area contributed by atoms with Crippen molar-refractivity contribution in [1.82, 2.24) is 9.55 Å². The minimum Gasteiger partial charge on any atom is -0.301 e. The summed E-state index contributed by atoms with van der Waals surface area (Å²) in [4.78, 5) is 4.29. The fraction of sp³-hybridized carbons (Fsp3) is 0.182. The lowest BCUT2D eigenvalue weighted by molar-refractivity contribution is 0.917. The first-order valence-electron chi connectivity index (χ1n) is 4.63. The third kappa shape index (κ3) is 1.90. The van der Waals surface area contributed by atoms with Gasteiger partial charge in [-0.2, -0.15) is 12.6 Å². The standard InChI is InChI=1S/C11H11ClN2S/c1-8-4-5-9(7-15)14(8)11-10(12)3-2-6-13-11/h2-6,15H,7H2,1H3. The van der Waals surface area contributed by atoms with E-state index in [4.69, 9.17) is 11.6 Å². The summed E-state index contributed by atoms with van der Waals surface area (Å²) in [5, 5.41) is 0.653. The Balaban J connectivity index is 2.63. The maximum atomic E-state index is 6.11. The molecule has 2 aromatic rings. The molecule has 0 amide bonds. The van der Waals surface area contributed by atoms with Crippen molar-refractivity contribution in [2.75, 3.05) is 0 Å². The average molecular weight is 239 g/mol. The second-order valence-electron chi connectivity index (χ2n) is 3.27. The minimum atomic E-state index is 0.653. The Labute approximate surface area is 99.3 Å². The lowest BCUT2D eigenvalue weighted by atomic mass is 10.4. The van der Waals surface area contributed by atoms with Crippen molar-refractivity contribution >= 4 is 24.2 Å². The van der Waals surface area contributed by atoms with Crippen LogP contribution < -0.4 is 0 Å². The van der Waals surface area contributed by atoms with E-state index < -0.39 is 0 Å². The first-order chi connectivity index (χ1) is 7.24. The van der Waals surface area contributed by atoms with Gasteiger partial charge in [0.25, 0.3) is 0 Å². The summed E-state index contributed by atoms with van der Waals surface area (Å²) in [6.45, 7) is 2.03. The fourth-order valence-electron chi connectivity index (χ4n) is 1.56. The van der Waals surface area contributed by atoms with Crippen LogP contribution in [-0.4, -0.2) is 9.55 Å². The van der Waals surface area contributed by atoms with Gasteiger partial charge in [-0.1, -0.05) is 11.6 Å². The van der Waals surface area contributed by atoms with E-state index in [9.17, 15) is 0 Å². The Bertz CT molecular complexity index is 479. The predicted molar refractivity (Wildman–Crippen MR) is 66.0 cm³/mol. The van der Waals surface area contributed by atoms with Gasteiger partial charge < -0.3 is 4.57 Å². The van der Waals surface area contributed by atoms with Crippen LogP contribution in [0.3, 0.4) is 0 Å². The van der Waals surface area contributed by atoms with Gasteiger partial charge in [-0.15, -0.1) is 0 Å². The number of aromatic nitrogens is 2. The molecule has 2 aromatic heterocycles. The fourth-order valence-corrected chi connectivity index (χ4v) is 2.01. The van der Waals surface area contributed by atoms with Crippen LogP contribution in [0.15, 0.2) is 30.5 Å². The van der Waals surface area contributed by atoms with E-state index >= 15 is 0 Å². The van der Waals surface area contributed by atoms with Gasteiger partial charge in [-0.05, 0) is 31.2 Å². The number of hydrogen-bond acceptors (Lipinski definition) is 2. The highest BCUT2D eigenvalue weighted by Crippen LogP contribution is 2.22. The highest BCUT2D eigenvalue weighted by molar-refractivity contribution is 7.79. The van der Waals surface area contributed by atoms with Gasteiger partial charge in [0, 0.05) is 23.3 Å². The largest absolute Gasteiger partial charge is 0.301 e. The van der Waals surface area contributed by atoms with Gasteiger partial charge in [0.15, 0.2) is 5.82 Å². The molecule has 0 aliphatic heterocycles. The van der Waals surface area contributed by atoms with Crippen LogP contribution in [-0.2, 0) is 5.75 Å². The van der Waals surface area contributed by atoms with Crippen LogP contribution in [0.5, 0.6) is 0 Å². The van der Waals surface area contributed by atoms with Gasteiger partial charge in [-0.25, -0.2) is 4.98 Å². The third-order valence-corrected chi connectivity index (χ3v) is 2.89. The van der Waals surface area contributed by atoms with Crippen molar-refractivity contribution in [2.45, 2.75) is 12.7 Å². The van der Waals surface area contributed by atoms with Crippen LogP contribution in [0.1, 0.15) is 11.4 Å². The second-order valence-corrected chi connectivity index (χ2v) is 3.99. The van der Waals surface area contributed by atoms with E-state index in [1.807, 2.05) is 35.8 Å². The number of nitrogens with zero attached hydrogens (tertiary/aromatic N) is 2. The smallest absolute Gasteiger partial charge is 0.155 e. The number of halogens is 1. The molecule has 0 fully saturated rings. The molecule has 15 heavy (non-hydrogen) atoms. The van der Waals surface area contributed by atoms with Gasteiger partial charge in [-0.3, -0.25) is 0 Å². The topological polar surface area (TPSA) is 17.8 Å². The molecule has 0 atom stereocenters. The lowest BCUT2D eigenvalue weighted by Crippen LogP contribution is -2.03. The Morgan fingerprint density at radius 3 is 2.87 bits per heavy atom. The molecule has 0 N–H and O–H groups in total. The monoisotopic (exact) mass is 238 g/mol. The molecule has 2 rings (SSSR count). The Kier molecular flexibility index (Phi) is 3.03. The number of pyridine rings is 1. The van der Waals surface area contributed by atoms with E-state index in [2.05, 4.69) is 17.6 Å². The minimum absolute atomic E-state index is 0.653. The second kappa shape index (κ2) is 4.29. The molecule has 0 aromatic carbocycles. The maximum Gasteiger partial charge on any atom is 0.155 e. The maximum absolute atomic E-state index is 6.11. The molecule has 0 saturated carbocycles. The van der Waals surface area contributed by atoms with E-state index in [0.29, 0.717) is 10.8 Å². The molecule has 0 spiro atoms. The summed E-state index contributed by atoms with van der Waals surface area (Å²) >= 11 is 10.4. The summed E-state index contributed by atoms with van der Waals surface area (Å²) < 4.78 is 2.02. The van der Waals surface area contributed by atoms with Crippen molar-refractivity contribution in [3.8, 4) is 5.82 Å². The van der Waals surface area contributed by atoms with Crippen molar-refractivity contribution < 1.29 is 0 Å². The van der Waals surface area contributed by atoms with Gasteiger partial charge in [0.05, 0.1) is 5.02 Å². The molecule has 0 saturated heterocycles. The van der Waals surface area contributed by atoms with Crippen LogP contribution in [0.25, 0.3) is 5.82 Å². The Hall–Kier alpha value is -0.930. The van der Waals surface area contributed by atoms with Gasteiger partial charge >= 0.3 is 0 Å². The molecule has 0 radical (unpaired) electrons. The molecule has 2 nitrogen and oxygen atoms in total. The van der Waals surface area contributed by atoms with Crippen molar-refractivity contribution in [1.29, 1.82) is 0 Å². The van der Waals surface area contributed by atoms with E-state index in [0.717, 1.165) is 17.2 Å². The quantitative estimate of drug-likeness (QED) is 0.796. The molecule has 0 aliphatic rings. The summed E-state index contributed by atoms with van der Waals surface area (Å²) in [7, 11) is 0. The third-order valence-electron chi connectivity index (χ3n) is 2.27. The van der Waals surface area contributed by atoms with Crippen molar-refractivity contribution in [3.63, 3.8) is 0 Å². The van der Waals surface area contributed by atoms with Crippen LogP contribution in [0.2, 0.25) is 5.02 Å². The molecule has 4 heteroatoms. The molecule has 0 unspecified atom stereocenters. The van der Waals surface area contributed by atoms with Crippen LogP contribution in [0, 0.1) is 6.92 Å². The van der Waals surface area contributed by atoms with E-state index in [-0.39, 0.29) is 0 Å². The molecule has 0 bridgehead atoms. The summed E-state index contributed by atoms with van der Waals surface area (Å²) in [6.07, 6.45) is 1.74. The lowest BCUT2D eigenvalue weighted by Gasteiger charge is -2.10. The predicted octanol–water partition coefficient (Wildman–Crippen LogP) is 3.26. The normalized spacial score (nSPS) is 10.6.